The predicted octanol–water partition coefficient (Wildman–Crippen LogP) is 7.84. The molecule has 3 nitrogen and oxygen atoms in total. The van der Waals surface area contributed by atoms with Crippen molar-refractivity contribution >= 4 is 17.1 Å². The lowest BCUT2D eigenvalue weighted by atomic mass is 9.93. The Morgan fingerprint density at radius 3 is 1.76 bits per heavy atom. The summed E-state index contributed by atoms with van der Waals surface area (Å²) in [4.78, 5) is 6.84. The second-order valence-electron chi connectivity index (χ2n) is 8.40. The molecule has 162 valence electrons. The van der Waals surface area contributed by atoms with E-state index in [2.05, 4.69) is 125 Å². The Labute approximate surface area is 195 Å². The second kappa shape index (κ2) is 8.79. The summed E-state index contributed by atoms with van der Waals surface area (Å²) in [5.41, 5.74) is 9.56. The Balaban J connectivity index is 1.61. The topological polar surface area (TPSA) is 21.1 Å². The van der Waals surface area contributed by atoms with Gasteiger partial charge in [-0.15, -0.1) is 0 Å². The van der Waals surface area contributed by atoms with Gasteiger partial charge in [-0.3, -0.25) is 0 Å². The molecule has 0 aliphatic carbocycles. The zero-order valence-corrected chi connectivity index (χ0v) is 19.2. The predicted molar refractivity (Wildman–Crippen MR) is 138 cm³/mol. The quantitative estimate of drug-likeness (QED) is 0.284. The number of nitrogens with zero attached hydrogens (tertiary/aromatic N) is 3. The minimum absolute atomic E-state index is 0.975. The monoisotopic (exact) mass is 429 g/mol. The number of para-hydroxylation sites is 2. The van der Waals surface area contributed by atoms with E-state index in [0.29, 0.717) is 0 Å². The van der Waals surface area contributed by atoms with Crippen molar-refractivity contribution in [2.75, 3.05) is 4.90 Å². The Morgan fingerprint density at radius 1 is 0.636 bits per heavy atom. The highest BCUT2D eigenvalue weighted by Gasteiger charge is 2.16. The number of hydrogen-bond acceptors (Lipinski definition) is 2. The third-order valence-electron chi connectivity index (χ3n) is 6.04. The largest absolute Gasteiger partial charge is 0.334 e. The van der Waals surface area contributed by atoms with Crippen LogP contribution in [-0.2, 0) is 7.05 Å². The summed E-state index contributed by atoms with van der Waals surface area (Å²) in [7, 11) is 2.03. The molecule has 0 fully saturated rings. The fourth-order valence-electron chi connectivity index (χ4n) is 4.58. The van der Waals surface area contributed by atoms with E-state index in [1.807, 2.05) is 19.4 Å². The molecule has 0 aliphatic rings. The van der Waals surface area contributed by atoms with Crippen molar-refractivity contribution in [1.82, 2.24) is 9.55 Å². The van der Waals surface area contributed by atoms with Crippen molar-refractivity contribution in [3.63, 3.8) is 0 Å². The van der Waals surface area contributed by atoms with Crippen LogP contribution in [0.4, 0.5) is 17.1 Å². The molecule has 0 spiro atoms. The first kappa shape index (κ1) is 20.8. The third-order valence-corrected chi connectivity index (χ3v) is 6.04. The van der Waals surface area contributed by atoms with Gasteiger partial charge >= 0.3 is 0 Å². The fraction of sp³-hybridized carbons (Fsp3) is 0.100. The molecule has 1 heterocycles. The number of benzene rings is 4. The van der Waals surface area contributed by atoms with Gasteiger partial charge in [0, 0.05) is 42.1 Å². The van der Waals surface area contributed by atoms with Gasteiger partial charge < -0.3 is 9.47 Å². The van der Waals surface area contributed by atoms with E-state index in [9.17, 15) is 0 Å². The highest BCUT2D eigenvalue weighted by atomic mass is 15.1. The highest BCUT2D eigenvalue weighted by molar-refractivity contribution is 5.82. The molecule has 1 aromatic heterocycles. The molecule has 0 atom stereocenters. The van der Waals surface area contributed by atoms with Crippen molar-refractivity contribution in [3.05, 3.63) is 121 Å². The van der Waals surface area contributed by atoms with Crippen LogP contribution in [0.3, 0.4) is 0 Å². The van der Waals surface area contributed by atoms with Gasteiger partial charge in [-0.1, -0.05) is 54.6 Å². The molecule has 33 heavy (non-hydrogen) atoms. The number of hydrogen-bond donors (Lipinski definition) is 0. The van der Waals surface area contributed by atoms with Crippen LogP contribution >= 0.6 is 0 Å². The van der Waals surface area contributed by atoms with Crippen molar-refractivity contribution in [1.29, 1.82) is 0 Å². The summed E-state index contributed by atoms with van der Waals surface area (Å²) in [6, 6.07) is 34.3. The second-order valence-corrected chi connectivity index (χ2v) is 8.40. The highest BCUT2D eigenvalue weighted by Crippen LogP contribution is 2.39. The molecule has 0 amide bonds. The van der Waals surface area contributed by atoms with Crippen molar-refractivity contribution in [2.24, 2.45) is 7.05 Å². The molecular formula is C30H27N3. The zero-order chi connectivity index (χ0) is 22.8. The van der Waals surface area contributed by atoms with Gasteiger partial charge in [0.25, 0.3) is 0 Å². The number of aryl methyl sites for hydroxylation is 3. The van der Waals surface area contributed by atoms with Crippen LogP contribution in [0, 0.1) is 13.8 Å². The van der Waals surface area contributed by atoms with E-state index in [0.717, 1.165) is 28.5 Å². The van der Waals surface area contributed by atoms with E-state index in [-0.39, 0.29) is 0 Å². The summed E-state index contributed by atoms with van der Waals surface area (Å²) < 4.78 is 2.06. The molecule has 0 saturated carbocycles. The molecule has 0 unspecified atom stereocenters. The molecule has 0 radical (unpaired) electrons. The van der Waals surface area contributed by atoms with Crippen molar-refractivity contribution < 1.29 is 0 Å². The van der Waals surface area contributed by atoms with Gasteiger partial charge in [0.2, 0.25) is 0 Å². The normalized spacial score (nSPS) is 10.9. The average molecular weight is 430 g/mol. The molecular weight excluding hydrogens is 402 g/mol. The standard InChI is InChI=1S/C30H27N3/c1-22-19-28(33(26-13-6-4-7-14-26)27-15-8-5-9-16-27)20-23(2)29(22)24-11-10-12-25(21-24)30-31-17-18-32(30)3/h4-21H,1-3H3. The molecule has 0 saturated heterocycles. The van der Waals surface area contributed by atoms with E-state index >= 15 is 0 Å². The zero-order valence-electron chi connectivity index (χ0n) is 19.2. The Kier molecular flexibility index (Phi) is 5.54. The van der Waals surface area contributed by atoms with E-state index in [1.54, 1.807) is 0 Å². The summed E-state index contributed by atoms with van der Waals surface area (Å²) in [6.07, 6.45) is 3.82. The van der Waals surface area contributed by atoms with Crippen LogP contribution in [0.2, 0.25) is 0 Å². The number of aromatic nitrogens is 2. The summed E-state index contributed by atoms with van der Waals surface area (Å²) in [5.74, 6) is 0.975. The number of imidazole rings is 1. The van der Waals surface area contributed by atoms with Crippen LogP contribution in [0.1, 0.15) is 11.1 Å². The molecule has 5 aromatic rings. The van der Waals surface area contributed by atoms with E-state index < -0.39 is 0 Å². The van der Waals surface area contributed by atoms with Gasteiger partial charge in [0.05, 0.1) is 0 Å². The maximum Gasteiger partial charge on any atom is 0.139 e. The minimum Gasteiger partial charge on any atom is -0.334 e. The van der Waals surface area contributed by atoms with Gasteiger partial charge in [0.1, 0.15) is 5.82 Å². The van der Waals surface area contributed by atoms with Crippen LogP contribution in [0.25, 0.3) is 22.5 Å². The maximum absolute atomic E-state index is 4.53. The summed E-state index contributed by atoms with van der Waals surface area (Å²) in [5, 5.41) is 0. The van der Waals surface area contributed by atoms with E-state index in [1.165, 1.54) is 22.3 Å². The molecule has 3 heteroatoms. The lowest BCUT2D eigenvalue weighted by Crippen LogP contribution is -2.10. The first-order chi connectivity index (χ1) is 16.1. The smallest absolute Gasteiger partial charge is 0.139 e. The fourth-order valence-corrected chi connectivity index (χ4v) is 4.58. The summed E-state index contributed by atoms with van der Waals surface area (Å²) in [6.45, 7) is 4.40. The van der Waals surface area contributed by atoms with Gasteiger partial charge in [-0.25, -0.2) is 4.98 Å². The first-order valence-electron chi connectivity index (χ1n) is 11.2. The number of anilines is 3. The average Bonchev–Trinajstić information content (AvgIpc) is 3.26. The third kappa shape index (κ3) is 4.06. The number of rotatable bonds is 5. The van der Waals surface area contributed by atoms with Crippen LogP contribution in [-0.4, -0.2) is 9.55 Å². The van der Waals surface area contributed by atoms with Crippen LogP contribution < -0.4 is 4.90 Å². The van der Waals surface area contributed by atoms with Gasteiger partial charge in [-0.2, -0.15) is 0 Å². The lowest BCUT2D eigenvalue weighted by Gasteiger charge is -2.27. The Hall–Kier alpha value is -4.11. The van der Waals surface area contributed by atoms with Crippen LogP contribution in [0.15, 0.2) is 109 Å². The van der Waals surface area contributed by atoms with Crippen molar-refractivity contribution in [3.8, 4) is 22.5 Å². The van der Waals surface area contributed by atoms with Gasteiger partial charge in [-0.05, 0) is 78.6 Å². The first-order valence-corrected chi connectivity index (χ1v) is 11.2. The minimum atomic E-state index is 0.975. The lowest BCUT2D eigenvalue weighted by molar-refractivity contribution is 0.925. The van der Waals surface area contributed by atoms with Gasteiger partial charge in [0.15, 0.2) is 0 Å². The Morgan fingerprint density at radius 2 is 1.21 bits per heavy atom. The van der Waals surface area contributed by atoms with E-state index in [4.69, 9.17) is 0 Å². The molecule has 0 N–H and O–H groups in total. The summed E-state index contributed by atoms with van der Waals surface area (Å²) >= 11 is 0. The molecule has 5 rings (SSSR count). The maximum atomic E-state index is 4.53. The SMILES string of the molecule is Cc1cc(N(c2ccccc2)c2ccccc2)cc(C)c1-c1cccc(-c2nccn2C)c1. The Bertz CT molecular complexity index is 1320. The van der Waals surface area contributed by atoms with Crippen molar-refractivity contribution in [2.45, 2.75) is 13.8 Å². The van der Waals surface area contributed by atoms with Crippen LogP contribution in [0.5, 0.6) is 0 Å². The molecule has 0 bridgehead atoms. The molecule has 4 aromatic carbocycles. The molecule has 0 aliphatic heterocycles.